The fourth-order valence-corrected chi connectivity index (χ4v) is 4.33. The van der Waals surface area contributed by atoms with Gasteiger partial charge in [0.2, 0.25) is 17.7 Å². The highest BCUT2D eigenvalue weighted by atomic mass is 19.1. The van der Waals surface area contributed by atoms with Gasteiger partial charge < -0.3 is 14.2 Å². The van der Waals surface area contributed by atoms with Crippen LogP contribution in [-0.4, -0.2) is 39.8 Å². The number of rotatable bonds is 10. The van der Waals surface area contributed by atoms with Gasteiger partial charge in [0.1, 0.15) is 17.4 Å². The lowest BCUT2D eigenvalue weighted by atomic mass is 9.92. The molecule has 1 aliphatic heterocycles. The van der Waals surface area contributed by atoms with Crippen LogP contribution in [0.3, 0.4) is 0 Å². The molecule has 0 N–H and O–H groups in total. The summed E-state index contributed by atoms with van der Waals surface area (Å²) in [6.07, 6.45) is 9.92. The minimum absolute atomic E-state index is 0.0253. The molecule has 2 aromatic heterocycles. The predicted octanol–water partition coefficient (Wildman–Crippen LogP) is 5.96. The van der Waals surface area contributed by atoms with Gasteiger partial charge in [-0.3, -0.25) is 0 Å². The van der Waals surface area contributed by atoms with Crippen molar-refractivity contribution in [3.05, 3.63) is 47.6 Å². The lowest BCUT2D eigenvalue weighted by molar-refractivity contribution is 0.277. The Morgan fingerprint density at radius 2 is 1.80 bits per heavy atom. The number of piperidine rings is 1. The van der Waals surface area contributed by atoms with E-state index in [-0.39, 0.29) is 23.1 Å². The molecule has 35 heavy (non-hydrogen) atoms. The van der Waals surface area contributed by atoms with Crippen LogP contribution in [-0.2, 0) is 6.42 Å². The molecule has 0 spiro atoms. The first-order chi connectivity index (χ1) is 16.9. The van der Waals surface area contributed by atoms with Gasteiger partial charge in [-0.15, -0.1) is 0 Å². The van der Waals surface area contributed by atoms with Gasteiger partial charge in [0.15, 0.2) is 0 Å². The van der Waals surface area contributed by atoms with Crippen molar-refractivity contribution in [3.8, 4) is 17.1 Å². The molecule has 1 fully saturated rings. The third kappa shape index (κ3) is 6.32. The Morgan fingerprint density at radius 1 is 1.11 bits per heavy atom. The Labute approximate surface area is 204 Å². The molecule has 0 aliphatic carbocycles. The van der Waals surface area contributed by atoms with E-state index >= 15 is 0 Å². The minimum atomic E-state index is -0.770. The average Bonchev–Trinajstić information content (AvgIpc) is 3.33. The van der Waals surface area contributed by atoms with E-state index < -0.39 is 11.6 Å². The summed E-state index contributed by atoms with van der Waals surface area (Å²) in [6, 6.07) is 2.35. The van der Waals surface area contributed by atoms with Gasteiger partial charge in [0, 0.05) is 43.5 Å². The molecule has 0 bridgehead atoms. The van der Waals surface area contributed by atoms with Gasteiger partial charge in [-0.2, -0.15) is 4.98 Å². The SMILES string of the molecule is CCCc1cnc(N2CCC(CCCOc3cc(F)c(-c4noc(C(C)C)n4)c(F)c3)CC2)nc1. The molecule has 1 aromatic carbocycles. The van der Waals surface area contributed by atoms with E-state index in [2.05, 4.69) is 31.9 Å². The zero-order valence-corrected chi connectivity index (χ0v) is 20.6. The molecular weight excluding hydrogens is 452 g/mol. The molecule has 188 valence electrons. The summed E-state index contributed by atoms with van der Waals surface area (Å²) < 4.78 is 39.9. The van der Waals surface area contributed by atoms with Gasteiger partial charge in [-0.25, -0.2) is 18.7 Å². The number of aryl methyl sites for hydroxylation is 1. The number of ether oxygens (including phenoxy) is 1. The Bertz CT molecular complexity index is 1070. The summed E-state index contributed by atoms with van der Waals surface area (Å²) in [6.45, 7) is 8.15. The number of nitrogens with zero attached hydrogens (tertiary/aromatic N) is 5. The van der Waals surface area contributed by atoms with E-state index in [9.17, 15) is 8.78 Å². The molecule has 9 heteroatoms. The molecule has 7 nitrogen and oxygen atoms in total. The first-order valence-corrected chi connectivity index (χ1v) is 12.5. The summed E-state index contributed by atoms with van der Waals surface area (Å²) in [4.78, 5) is 15.4. The highest BCUT2D eigenvalue weighted by molar-refractivity contribution is 5.58. The normalized spacial score (nSPS) is 14.6. The quantitative estimate of drug-likeness (QED) is 0.328. The lowest BCUT2D eigenvalue weighted by Gasteiger charge is -2.32. The number of benzene rings is 1. The molecule has 0 radical (unpaired) electrons. The van der Waals surface area contributed by atoms with E-state index in [1.54, 1.807) is 0 Å². The fourth-order valence-electron chi connectivity index (χ4n) is 4.33. The van der Waals surface area contributed by atoms with Gasteiger partial charge in [0.25, 0.3) is 0 Å². The molecule has 1 saturated heterocycles. The van der Waals surface area contributed by atoms with Crippen LogP contribution in [0, 0.1) is 17.6 Å². The van der Waals surface area contributed by atoms with Crippen LogP contribution in [0.5, 0.6) is 5.75 Å². The average molecular weight is 486 g/mol. The molecule has 3 heterocycles. The number of halogens is 2. The van der Waals surface area contributed by atoms with Gasteiger partial charge in [-0.1, -0.05) is 32.3 Å². The van der Waals surface area contributed by atoms with Crippen molar-refractivity contribution in [2.45, 2.75) is 65.2 Å². The zero-order valence-electron chi connectivity index (χ0n) is 20.6. The van der Waals surface area contributed by atoms with Crippen molar-refractivity contribution < 1.29 is 18.0 Å². The highest BCUT2D eigenvalue weighted by Crippen LogP contribution is 2.29. The Hall–Kier alpha value is -3.10. The first kappa shape index (κ1) is 25.0. The second kappa shape index (κ2) is 11.6. The molecule has 0 unspecified atom stereocenters. The summed E-state index contributed by atoms with van der Waals surface area (Å²) >= 11 is 0. The molecule has 0 saturated carbocycles. The monoisotopic (exact) mass is 485 g/mol. The van der Waals surface area contributed by atoms with Crippen molar-refractivity contribution in [3.63, 3.8) is 0 Å². The van der Waals surface area contributed by atoms with Crippen LogP contribution in [0.1, 0.15) is 70.2 Å². The maximum atomic E-state index is 14.6. The minimum Gasteiger partial charge on any atom is -0.493 e. The molecular formula is C26H33F2N5O2. The van der Waals surface area contributed by atoms with Gasteiger partial charge in [0.05, 0.1) is 12.2 Å². The lowest BCUT2D eigenvalue weighted by Crippen LogP contribution is -2.35. The van der Waals surface area contributed by atoms with Gasteiger partial charge in [-0.05, 0) is 43.6 Å². The number of hydrogen-bond acceptors (Lipinski definition) is 7. The summed E-state index contributed by atoms with van der Waals surface area (Å²) in [7, 11) is 0. The van der Waals surface area contributed by atoms with Crippen LogP contribution in [0.2, 0.25) is 0 Å². The van der Waals surface area contributed by atoms with Crippen LogP contribution in [0.15, 0.2) is 29.0 Å². The third-order valence-electron chi connectivity index (χ3n) is 6.33. The summed E-state index contributed by atoms with van der Waals surface area (Å²) in [5.41, 5.74) is 0.874. The smallest absolute Gasteiger partial charge is 0.229 e. The molecule has 3 aromatic rings. The van der Waals surface area contributed by atoms with Crippen molar-refractivity contribution >= 4 is 5.95 Å². The van der Waals surface area contributed by atoms with Crippen molar-refractivity contribution in [1.82, 2.24) is 20.1 Å². The Morgan fingerprint density at radius 3 is 2.40 bits per heavy atom. The standard InChI is InChI=1S/C26H33F2N5O2/c1-4-6-19-15-29-26(30-16-19)33-10-8-18(9-11-33)7-5-12-34-20-13-21(27)23(22(28)14-20)24-31-25(17(2)3)35-32-24/h13-18H,4-12H2,1-3H3. The topological polar surface area (TPSA) is 77.2 Å². The van der Waals surface area contributed by atoms with Crippen LogP contribution < -0.4 is 9.64 Å². The number of hydrogen-bond donors (Lipinski definition) is 0. The zero-order chi connectivity index (χ0) is 24.8. The van der Waals surface area contributed by atoms with E-state index in [4.69, 9.17) is 9.26 Å². The third-order valence-corrected chi connectivity index (χ3v) is 6.33. The highest BCUT2D eigenvalue weighted by Gasteiger charge is 2.22. The maximum absolute atomic E-state index is 14.6. The second-order valence-electron chi connectivity index (χ2n) is 9.44. The van der Waals surface area contributed by atoms with Gasteiger partial charge >= 0.3 is 0 Å². The summed E-state index contributed by atoms with van der Waals surface area (Å²) in [5, 5.41) is 3.70. The fraction of sp³-hybridized carbons (Fsp3) is 0.538. The van der Waals surface area contributed by atoms with Crippen molar-refractivity contribution in [2.75, 3.05) is 24.6 Å². The van der Waals surface area contributed by atoms with E-state index in [1.165, 1.54) is 17.7 Å². The summed E-state index contributed by atoms with van der Waals surface area (Å²) in [5.74, 6) is 0.240. The molecule has 0 amide bonds. The van der Waals surface area contributed by atoms with E-state index in [0.29, 0.717) is 18.4 Å². The Balaban J connectivity index is 1.22. The molecule has 4 rings (SSSR count). The van der Waals surface area contributed by atoms with Crippen LogP contribution in [0.25, 0.3) is 11.4 Å². The first-order valence-electron chi connectivity index (χ1n) is 12.5. The van der Waals surface area contributed by atoms with Crippen molar-refractivity contribution in [1.29, 1.82) is 0 Å². The maximum Gasteiger partial charge on any atom is 0.229 e. The van der Waals surface area contributed by atoms with Crippen molar-refractivity contribution in [2.24, 2.45) is 5.92 Å². The van der Waals surface area contributed by atoms with E-state index in [1.807, 2.05) is 26.2 Å². The second-order valence-corrected chi connectivity index (χ2v) is 9.44. The Kier molecular flexibility index (Phi) is 8.25. The largest absolute Gasteiger partial charge is 0.493 e. The number of aromatic nitrogens is 4. The van der Waals surface area contributed by atoms with E-state index in [0.717, 1.165) is 57.6 Å². The van der Waals surface area contributed by atoms with Crippen LogP contribution in [0.4, 0.5) is 14.7 Å². The molecule has 0 atom stereocenters. The molecule has 1 aliphatic rings. The predicted molar refractivity (Wildman–Crippen MR) is 129 cm³/mol. The number of anilines is 1. The van der Waals surface area contributed by atoms with Crippen LogP contribution >= 0.6 is 0 Å².